The fourth-order valence-electron chi connectivity index (χ4n) is 1.36. The fraction of sp³-hybridized carbons (Fsp3) is 0.667. The number of aromatic nitrogens is 1. The maximum Gasteiger partial charge on any atom is 0.357 e. The van der Waals surface area contributed by atoms with Crippen molar-refractivity contribution in [2.24, 2.45) is 0 Å². The van der Waals surface area contributed by atoms with Gasteiger partial charge in [-0.1, -0.05) is 0 Å². The second-order valence-electron chi connectivity index (χ2n) is 4.42. The van der Waals surface area contributed by atoms with Crippen LogP contribution < -0.4 is 5.32 Å². The lowest BCUT2D eigenvalue weighted by Crippen LogP contribution is -2.31. The Morgan fingerprint density at radius 2 is 2.22 bits per heavy atom. The number of anilines is 1. The van der Waals surface area contributed by atoms with E-state index in [0.717, 1.165) is 23.1 Å². The normalized spacial score (nSPS) is 11.1. The van der Waals surface area contributed by atoms with Crippen LogP contribution in [-0.2, 0) is 4.74 Å². The van der Waals surface area contributed by atoms with E-state index >= 15 is 0 Å². The average Bonchev–Trinajstić information content (AvgIpc) is 2.69. The Balaban J connectivity index is 2.51. The number of methoxy groups -OCH3 is 1. The Bertz CT molecular complexity index is 404. The van der Waals surface area contributed by atoms with Crippen molar-refractivity contribution in [1.29, 1.82) is 0 Å². The van der Waals surface area contributed by atoms with Crippen molar-refractivity contribution >= 4 is 22.4 Å². The van der Waals surface area contributed by atoms with Gasteiger partial charge in [-0.3, -0.25) is 0 Å². The molecule has 0 saturated carbocycles. The van der Waals surface area contributed by atoms with Crippen LogP contribution in [0.1, 0.15) is 29.2 Å². The Labute approximate surface area is 112 Å². The first-order valence-corrected chi connectivity index (χ1v) is 6.77. The molecule has 1 heterocycles. The van der Waals surface area contributed by atoms with Gasteiger partial charge in [0.15, 0.2) is 10.8 Å². The van der Waals surface area contributed by atoms with Gasteiger partial charge in [-0.2, -0.15) is 0 Å². The minimum absolute atomic E-state index is 0.379. The molecule has 5 nitrogen and oxygen atoms in total. The third kappa shape index (κ3) is 3.96. The van der Waals surface area contributed by atoms with Crippen LogP contribution in [0.3, 0.4) is 0 Å². The number of hydrogen-bond acceptors (Lipinski definition) is 6. The lowest BCUT2D eigenvalue weighted by atomic mass is 10.3. The first-order valence-electron chi connectivity index (χ1n) is 5.95. The van der Waals surface area contributed by atoms with E-state index in [0.29, 0.717) is 11.7 Å². The van der Waals surface area contributed by atoms with Gasteiger partial charge in [-0.25, -0.2) is 9.78 Å². The van der Waals surface area contributed by atoms with Crippen LogP contribution in [0, 0.1) is 6.92 Å². The minimum atomic E-state index is -0.379. The smallest absolute Gasteiger partial charge is 0.357 e. The second kappa shape index (κ2) is 6.70. The molecule has 0 saturated heterocycles. The molecule has 0 aliphatic heterocycles. The molecule has 0 amide bonds. The van der Waals surface area contributed by atoms with Crippen molar-refractivity contribution in [3.63, 3.8) is 0 Å². The predicted octanol–water partition coefficient (Wildman–Crippen LogP) is 1.99. The van der Waals surface area contributed by atoms with Crippen LogP contribution in [0.2, 0.25) is 0 Å². The molecule has 0 aliphatic carbocycles. The van der Waals surface area contributed by atoms with E-state index in [2.05, 4.69) is 40.8 Å². The first-order chi connectivity index (χ1) is 8.45. The summed E-state index contributed by atoms with van der Waals surface area (Å²) in [7, 11) is 3.45. The zero-order valence-corrected chi connectivity index (χ0v) is 12.4. The number of carbonyl (C=O) groups excluding carboxylic acids is 1. The van der Waals surface area contributed by atoms with Gasteiger partial charge in [-0.15, -0.1) is 11.3 Å². The van der Waals surface area contributed by atoms with E-state index in [-0.39, 0.29) is 5.97 Å². The first kappa shape index (κ1) is 14.9. The zero-order valence-electron chi connectivity index (χ0n) is 11.6. The number of aryl methyl sites for hydroxylation is 1. The number of ether oxygens (including phenoxy) is 1. The second-order valence-corrected chi connectivity index (χ2v) is 5.62. The molecular weight excluding hydrogens is 250 g/mol. The Morgan fingerprint density at radius 1 is 1.56 bits per heavy atom. The minimum Gasteiger partial charge on any atom is -0.464 e. The highest BCUT2D eigenvalue weighted by Crippen LogP contribution is 2.22. The van der Waals surface area contributed by atoms with E-state index in [1.54, 1.807) is 0 Å². The molecule has 0 aliphatic rings. The fourth-order valence-corrected chi connectivity index (χ4v) is 2.18. The Kier molecular flexibility index (Phi) is 5.55. The third-order valence-electron chi connectivity index (χ3n) is 2.80. The molecule has 1 rings (SSSR count). The SMILES string of the molecule is COC(=O)c1nc(NCCN(C)C(C)C)sc1C. The zero-order chi connectivity index (χ0) is 13.7. The van der Waals surface area contributed by atoms with Gasteiger partial charge in [0, 0.05) is 24.0 Å². The monoisotopic (exact) mass is 271 g/mol. The third-order valence-corrected chi connectivity index (χ3v) is 3.73. The lowest BCUT2D eigenvalue weighted by molar-refractivity contribution is 0.0594. The maximum absolute atomic E-state index is 11.4. The molecule has 0 spiro atoms. The van der Waals surface area contributed by atoms with Crippen LogP contribution >= 0.6 is 11.3 Å². The number of rotatable bonds is 6. The van der Waals surface area contributed by atoms with Crippen molar-refractivity contribution in [2.45, 2.75) is 26.8 Å². The molecule has 0 unspecified atom stereocenters. The molecule has 1 N–H and O–H groups in total. The molecule has 1 aromatic rings. The van der Waals surface area contributed by atoms with Gasteiger partial charge >= 0.3 is 5.97 Å². The largest absolute Gasteiger partial charge is 0.464 e. The Hall–Kier alpha value is -1.14. The maximum atomic E-state index is 11.4. The number of likely N-dealkylation sites (N-methyl/N-ethyl adjacent to an activating group) is 1. The van der Waals surface area contributed by atoms with Gasteiger partial charge in [-0.05, 0) is 27.8 Å². The van der Waals surface area contributed by atoms with Crippen molar-refractivity contribution in [1.82, 2.24) is 9.88 Å². The molecule has 18 heavy (non-hydrogen) atoms. The van der Waals surface area contributed by atoms with E-state index in [1.165, 1.54) is 18.4 Å². The average molecular weight is 271 g/mol. The number of nitrogens with one attached hydrogen (secondary N) is 1. The molecule has 0 bridgehead atoms. The quantitative estimate of drug-likeness (QED) is 0.802. The van der Waals surface area contributed by atoms with Crippen LogP contribution in [0.4, 0.5) is 5.13 Å². The Morgan fingerprint density at radius 3 is 2.78 bits per heavy atom. The van der Waals surface area contributed by atoms with Gasteiger partial charge in [0.2, 0.25) is 0 Å². The number of carbonyl (C=O) groups is 1. The summed E-state index contributed by atoms with van der Waals surface area (Å²) < 4.78 is 4.67. The van der Waals surface area contributed by atoms with Gasteiger partial charge in [0.1, 0.15) is 0 Å². The molecular formula is C12H21N3O2S. The molecule has 0 fully saturated rings. The van der Waals surface area contributed by atoms with Crippen LogP contribution in [0.5, 0.6) is 0 Å². The molecule has 102 valence electrons. The summed E-state index contributed by atoms with van der Waals surface area (Å²) >= 11 is 1.48. The van der Waals surface area contributed by atoms with Gasteiger partial charge < -0.3 is 15.0 Å². The van der Waals surface area contributed by atoms with E-state index < -0.39 is 0 Å². The van der Waals surface area contributed by atoms with Gasteiger partial charge in [0.05, 0.1) is 7.11 Å². The highest BCUT2D eigenvalue weighted by molar-refractivity contribution is 7.15. The van der Waals surface area contributed by atoms with Crippen molar-refractivity contribution in [2.75, 3.05) is 32.6 Å². The predicted molar refractivity (Wildman–Crippen MR) is 74.4 cm³/mol. The number of esters is 1. The van der Waals surface area contributed by atoms with Crippen LogP contribution in [-0.4, -0.2) is 49.1 Å². The molecule has 1 aromatic heterocycles. The lowest BCUT2D eigenvalue weighted by Gasteiger charge is -2.20. The van der Waals surface area contributed by atoms with E-state index in [1.807, 2.05) is 6.92 Å². The highest BCUT2D eigenvalue weighted by atomic mass is 32.1. The number of hydrogen-bond donors (Lipinski definition) is 1. The molecule has 0 radical (unpaired) electrons. The summed E-state index contributed by atoms with van der Waals surface area (Å²) in [5.74, 6) is -0.379. The van der Waals surface area contributed by atoms with Crippen LogP contribution in [0.15, 0.2) is 0 Å². The molecule has 0 atom stereocenters. The summed E-state index contributed by atoms with van der Waals surface area (Å²) in [6, 6.07) is 0.524. The van der Waals surface area contributed by atoms with Crippen molar-refractivity contribution < 1.29 is 9.53 Å². The standard InChI is InChI=1S/C12H21N3O2S/c1-8(2)15(4)7-6-13-12-14-10(9(3)18-12)11(16)17-5/h8H,6-7H2,1-5H3,(H,13,14). The summed E-state index contributed by atoms with van der Waals surface area (Å²) in [6.45, 7) is 7.92. The van der Waals surface area contributed by atoms with E-state index in [9.17, 15) is 4.79 Å². The van der Waals surface area contributed by atoms with Crippen molar-refractivity contribution in [3.8, 4) is 0 Å². The highest BCUT2D eigenvalue weighted by Gasteiger charge is 2.15. The summed E-state index contributed by atoms with van der Waals surface area (Å²) in [5, 5.41) is 4.00. The van der Waals surface area contributed by atoms with Crippen LogP contribution in [0.25, 0.3) is 0 Å². The number of thiazole rings is 1. The summed E-state index contributed by atoms with van der Waals surface area (Å²) in [6.07, 6.45) is 0. The topological polar surface area (TPSA) is 54.5 Å². The molecule has 0 aromatic carbocycles. The summed E-state index contributed by atoms with van der Waals surface area (Å²) in [5.41, 5.74) is 0.405. The van der Waals surface area contributed by atoms with Gasteiger partial charge in [0.25, 0.3) is 0 Å². The number of nitrogens with zero attached hydrogens (tertiary/aromatic N) is 2. The molecule has 6 heteroatoms. The van der Waals surface area contributed by atoms with Crippen molar-refractivity contribution in [3.05, 3.63) is 10.6 Å². The van der Waals surface area contributed by atoms with E-state index in [4.69, 9.17) is 0 Å². The summed E-state index contributed by atoms with van der Waals surface area (Å²) in [4.78, 5) is 18.8.